The van der Waals surface area contributed by atoms with Crippen LogP contribution in [0.15, 0.2) is 169 Å². The summed E-state index contributed by atoms with van der Waals surface area (Å²) in [5.41, 5.74) is 9.74. The summed E-state index contributed by atoms with van der Waals surface area (Å²) < 4.78 is 48.7. The molecular weight excluding hydrogens is 881 g/mol. The molecule has 0 saturated carbocycles. The molecule has 8 aromatic carbocycles. The number of phenolic OH excluding ortho intramolecular Hbond substituents is 2. The zero-order chi connectivity index (χ0) is 47.5. The fraction of sp³-hybridized carbons (Fsp3) is 0.107. The van der Waals surface area contributed by atoms with Crippen LogP contribution in [0.25, 0.3) is 44.5 Å². The van der Waals surface area contributed by atoms with Crippen molar-refractivity contribution >= 4 is 22.1 Å². The SMILES string of the molecule is O=C(O)COc1c2cccc1Cc1cc(-c3ccc(-c4ccccc4)cc3)cc(c1O)Cc1cc(S(=O)(=O)O)cc(c1OCC(=O)O)Cc1cc(-c3ccc(-c4ccccc4)cc3)cc(c1O)C2. The molecule has 9 rings (SSSR count). The van der Waals surface area contributed by atoms with Gasteiger partial charge in [0.25, 0.3) is 10.1 Å². The molecule has 0 atom stereocenters. The fourth-order valence-corrected chi connectivity index (χ4v) is 9.46. The van der Waals surface area contributed by atoms with Crippen LogP contribution in [-0.2, 0) is 45.4 Å². The van der Waals surface area contributed by atoms with Crippen molar-refractivity contribution in [3.63, 3.8) is 0 Å². The Morgan fingerprint density at radius 3 is 1.04 bits per heavy atom. The lowest BCUT2D eigenvalue weighted by atomic mass is 9.88. The maximum Gasteiger partial charge on any atom is 0.341 e. The van der Waals surface area contributed by atoms with Crippen molar-refractivity contribution in [1.29, 1.82) is 0 Å². The summed E-state index contributed by atoms with van der Waals surface area (Å²) in [6, 6.07) is 50.3. The van der Waals surface area contributed by atoms with Gasteiger partial charge in [-0.3, -0.25) is 4.55 Å². The molecule has 0 unspecified atom stereocenters. The van der Waals surface area contributed by atoms with E-state index in [1.54, 1.807) is 24.3 Å². The van der Waals surface area contributed by atoms with Gasteiger partial charge in [-0.2, -0.15) is 8.42 Å². The Kier molecular flexibility index (Phi) is 12.5. The van der Waals surface area contributed by atoms with E-state index in [9.17, 15) is 43.0 Å². The molecule has 0 amide bonds. The molecule has 0 saturated heterocycles. The van der Waals surface area contributed by atoms with E-state index in [1.165, 1.54) is 12.1 Å². The molecular formula is C56H44O11S. The third-order valence-electron chi connectivity index (χ3n) is 12.1. The molecule has 0 radical (unpaired) electrons. The highest BCUT2D eigenvalue weighted by molar-refractivity contribution is 7.85. The molecule has 12 heteroatoms. The highest BCUT2D eigenvalue weighted by Crippen LogP contribution is 2.42. The van der Waals surface area contributed by atoms with E-state index in [4.69, 9.17) is 9.47 Å². The van der Waals surface area contributed by atoms with Gasteiger partial charge in [-0.1, -0.05) is 127 Å². The monoisotopic (exact) mass is 924 g/mol. The van der Waals surface area contributed by atoms with Crippen LogP contribution in [0.3, 0.4) is 0 Å². The molecule has 1 aliphatic rings. The normalized spacial score (nSPS) is 12.2. The van der Waals surface area contributed by atoms with E-state index < -0.39 is 40.2 Å². The van der Waals surface area contributed by atoms with Crippen LogP contribution in [0.2, 0.25) is 0 Å². The van der Waals surface area contributed by atoms with Crippen molar-refractivity contribution in [1.82, 2.24) is 0 Å². The van der Waals surface area contributed by atoms with Gasteiger partial charge >= 0.3 is 11.9 Å². The Hall–Kier alpha value is -8.19. The first-order chi connectivity index (χ1) is 32.8. The number of hydrogen-bond acceptors (Lipinski definition) is 8. The average molecular weight is 925 g/mol. The molecule has 68 heavy (non-hydrogen) atoms. The van der Waals surface area contributed by atoms with E-state index in [0.29, 0.717) is 44.5 Å². The van der Waals surface area contributed by atoms with Gasteiger partial charge in [0, 0.05) is 36.8 Å². The van der Waals surface area contributed by atoms with E-state index in [1.807, 2.05) is 127 Å². The summed E-state index contributed by atoms with van der Waals surface area (Å²) in [5, 5.41) is 44.1. The first-order valence-electron chi connectivity index (χ1n) is 21.7. The number of aliphatic carboxylic acids is 2. The van der Waals surface area contributed by atoms with Gasteiger partial charge in [0.2, 0.25) is 0 Å². The van der Waals surface area contributed by atoms with Crippen molar-refractivity contribution in [2.24, 2.45) is 0 Å². The fourth-order valence-electron chi connectivity index (χ4n) is 8.87. The van der Waals surface area contributed by atoms with Crippen molar-refractivity contribution in [3.8, 4) is 67.5 Å². The average Bonchev–Trinajstić information content (AvgIpc) is 3.33. The van der Waals surface area contributed by atoms with Gasteiger partial charge in [0.1, 0.15) is 23.0 Å². The first kappa shape index (κ1) is 45.0. The van der Waals surface area contributed by atoms with Gasteiger partial charge in [0.05, 0.1) is 4.90 Å². The molecule has 1 aliphatic carbocycles. The number of phenols is 2. The standard InChI is InChI=1S/C56H44O11S/c57-51(58)32-66-55-40-12-7-13-41(55)23-45-25-43(39-20-16-37(17-21-39)35-10-5-2-6-11-35)27-47(54(45)62)29-49-31-50(68(63,64)65)30-48(56(49)67-33-52(59)60)28-46-26-42(24-44(22-40)53(46)61)38-18-14-36(15-19-38)34-8-3-1-4-9-34/h1-21,24-27,30-31,61-62H,22-23,28-29,32-33H2,(H,57,58)(H,59,60)(H,63,64,65). The van der Waals surface area contributed by atoms with Crippen molar-refractivity contribution < 1.29 is 52.5 Å². The maximum atomic E-state index is 13.0. The first-order valence-corrected chi connectivity index (χ1v) is 23.2. The van der Waals surface area contributed by atoms with Gasteiger partial charge in [-0.05, 0) is 114 Å². The van der Waals surface area contributed by atoms with Crippen LogP contribution in [-0.4, -0.2) is 58.5 Å². The lowest BCUT2D eigenvalue weighted by Gasteiger charge is -2.22. The predicted molar refractivity (Wildman–Crippen MR) is 258 cm³/mol. The Balaban J connectivity index is 1.27. The van der Waals surface area contributed by atoms with Gasteiger partial charge in [0.15, 0.2) is 13.2 Å². The summed E-state index contributed by atoms with van der Waals surface area (Å²) >= 11 is 0. The largest absolute Gasteiger partial charge is 0.507 e. The predicted octanol–water partition coefficient (Wildman–Crippen LogP) is 10.6. The van der Waals surface area contributed by atoms with Crippen LogP contribution in [0.5, 0.6) is 23.0 Å². The summed E-state index contributed by atoms with van der Waals surface area (Å²) in [6.07, 6.45) is -0.316. The van der Waals surface area contributed by atoms with Crippen molar-refractivity contribution in [2.45, 2.75) is 30.6 Å². The Labute approximate surface area is 392 Å². The molecule has 0 aromatic heterocycles. The Morgan fingerprint density at radius 1 is 0.397 bits per heavy atom. The number of para-hydroxylation sites is 1. The zero-order valence-corrected chi connectivity index (χ0v) is 37.2. The van der Waals surface area contributed by atoms with Crippen LogP contribution in [0.4, 0.5) is 0 Å². The molecule has 8 bridgehead atoms. The lowest BCUT2D eigenvalue weighted by molar-refractivity contribution is -0.140. The summed E-state index contributed by atoms with van der Waals surface area (Å²) in [6.45, 7) is -1.47. The number of hydrogen-bond donors (Lipinski definition) is 5. The van der Waals surface area contributed by atoms with E-state index in [2.05, 4.69) is 0 Å². The number of fused-ring (bicyclic) bond motifs is 8. The quantitative estimate of drug-likeness (QED) is 0.0777. The van der Waals surface area contributed by atoms with Crippen LogP contribution >= 0.6 is 0 Å². The van der Waals surface area contributed by atoms with Crippen LogP contribution in [0.1, 0.15) is 44.5 Å². The minimum Gasteiger partial charge on any atom is -0.507 e. The van der Waals surface area contributed by atoms with Gasteiger partial charge < -0.3 is 29.9 Å². The molecule has 0 heterocycles. The smallest absolute Gasteiger partial charge is 0.341 e. The number of ether oxygens (including phenoxy) is 2. The van der Waals surface area contributed by atoms with E-state index in [-0.39, 0.29) is 59.8 Å². The Morgan fingerprint density at radius 2 is 0.706 bits per heavy atom. The second-order valence-electron chi connectivity index (χ2n) is 16.7. The minimum absolute atomic E-state index is 0.00129. The number of aromatic hydroxyl groups is 2. The lowest BCUT2D eigenvalue weighted by Crippen LogP contribution is -2.14. The minimum atomic E-state index is -4.88. The number of rotatable bonds is 11. The van der Waals surface area contributed by atoms with Crippen LogP contribution < -0.4 is 9.47 Å². The van der Waals surface area contributed by atoms with E-state index >= 15 is 0 Å². The zero-order valence-electron chi connectivity index (χ0n) is 36.4. The molecule has 0 aliphatic heterocycles. The molecule has 340 valence electrons. The molecule has 0 fully saturated rings. The van der Waals surface area contributed by atoms with Crippen LogP contribution in [0, 0.1) is 0 Å². The third kappa shape index (κ3) is 9.82. The highest BCUT2D eigenvalue weighted by Gasteiger charge is 2.25. The summed E-state index contributed by atoms with van der Waals surface area (Å²) in [4.78, 5) is 23.6. The maximum absolute atomic E-state index is 13.0. The number of carboxylic acid groups (broad SMARTS) is 2. The summed E-state index contributed by atoms with van der Waals surface area (Å²) in [7, 11) is -4.88. The number of carboxylic acids is 2. The van der Waals surface area contributed by atoms with Gasteiger partial charge in [-0.25, -0.2) is 9.59 Å². The van der Waals surface area contributed by atoms with Gasteiger partial charge in [-0.15, -0.1) is 0 Å². The topological polar surface area (TPSA) is 188 Å². The van der Waals surface area contributed by atoms with E-state index in [0.717, 1.165) is 33.4 Å². The molecule has 0 spiro atoms. The van der Waals surface area contributed by atoms with Crippen molar-refractivity contribution in [2.75, 3.05) is 13.2 Å². The Bertz CT molecular complexity index is 3130. The second kappa shape index (κ2) is 19.0. The molecule has 8 aromatic rings. The number of benzene rings is 8. The summed E-state index contributed by atoms with van der Waals surface area (Å²) in [5.74, 6) is -2.56. The number of carbonyl (C=O) groups is 2. The van der Waals surface area contributed by atoms with Crippen molar-refractivity contribution in [3.05, 3.63) is 208 Å². The highest BCUT2D eigenvalue weighted by atomic mass is 32.2. The second-order valence-corrected chi connectivity index (χ2v) is 18.1. The molecule has 5 N–H and O–H groups in total. The third-order valence-corrected chi connectivity index (χ3v) is 12.9. The molecule has 11 nitrogen and oxygen atoms in total.